The zero-order valence-corrected chi connectivity index (χ0v) is 11.6. The van der Waals surface area contributed by atoms with Crippen molar-refractivity contribution >= 4 is 5.82 Å². The van der Waals surface area contributed by atoms with Gasteiger partial charge in [-0.1, -0.05) is 6.92 Å². The Hall–Kier alpha value is -2.31. The van der Waals surface area contributed by atoms with Crippen LogP contribution in [0.2, 0.25) is 0 Å². The van der Waals surface area contributed by atoms with Gasteiger partial charge in [-0.15, -0.1) is 0 Å². The molecule has 112 valence electrons. The van der Waals surface area contributed by atoms with E-state index in [1.54, 1.807) is 0 Å². The van der Waals surface area contributed by atoms with Gasteiger partial charge in [-0.05, 0) is 12.5 Å². The molecule has 1 heterocycles. The molecular weight excluding hydrogens is 283 g/mol. The van der Waals surface area contributed by atoms with Crippen molar-refractivity contribution in [2.75, 3.05) is 19.0 Å². The number of anilines is 1. The molecule has 0 amide bonds. The summed E-state index contributed by atoms with van der Waals surface area (Å²) in [5, 5.41) is 3.00. The van der Waals surface area contributed by atoms with Gasteiger partial charge in [0.1, 0.15) is 17.8 Å². The zero-order valence-electron chi connectivity index (χ0n) is 11.6. The molecule has 0 saturated carbocycles. The van der Waals surface area contributed by atoms with Gasteiger partial charge in [0.25, 0.3) is 0 Å². The number of methoxy groups -OCH3 is 1. The van der Waals surface area contributed by atoms with Gasteiger partial charge in [0.15, 0.2) is 23.2 Å². The van der Waals surface area contributed by atoms with Crippen LogP contribution < -0.4 is 10.1 Å². The Morgan fingerprint density at radius 1 is 1.10 bits per heavy atom. The lowest BCUT2D eigenvalue weighted by Crippen LogP contribution is -2.06. The van der Waals surface area contributed by atoms with E-state index < -0.39 is 17.5 Å². The maximum Gasteiger partial charge on any atom is 0.187 e. The summed E-state index contributed by atoms with van der Waals surface area (Å²) in [4.78, 5) is 7.92. The molecule has 21 heavy (non-hydrogen) atoms. The second-order valence-electron chi connectivity index (χ2n) is 4.28. The van der Waals surface area contributed by atoms with E-state index in [1.807, 2.05) is 6.92 Å². The molecule has 1 N–H and O–H groups in total. The quantitative estimate of drug-likeness (QED) is 0.859. The molecule has 0 radical (unpaired) electrons. The summed E-state index contributed by atoms with van der Waals surface area (Å²) in [5.41, 5.74) is -0.129. The highest BCUT2D eigenvalue weighted by atomic mass is 19.2. The van der Waals surface area contributed by atoms with Crippen LogP contribution in [0.5, 0.6) is 5.75 Å². The molecule has 0 atom stereocenters. The van der Waals surface area contributed by atoms with Crippen molar-refractivity contribution in [3.05, 3.63) is 35.9 Å². The van der Waals surface area contributed by atoms with Crippen molar-refractivity contribution < 1.29 is 17.9 Å². The molecule has 7 heteroatoms. The van der Waals surface area contributed by atoms with E-state index in [0.29, 0.717) is 18.4 Å². The molecule has 0 saturated heterocycles. The summed E-state index contributed by atoms with van der Waals surface area (Å²) in [6, 6.07) is 1.23. The molecule has 4 nitrogen and oxygen atoms in total. The third kappa shape index (κ3) is 3.07. The van der Waals surface area contributed by atoms with Crippen LogP contribution in [-0.4, -0.2) is 23.6 Å². The molecule has 0 aliphatic rings. The number of benzene rings is 1. The fourth-order valence-corrected chi connectivity index (χ4v) is 1.83. The molecule has 2 rings (SSSR count). The first-order valence-corrected chi connectivity index (χ1v) is 6.36. The number of hydrogen-bond acceptors (Lipinski definition) is 4. The number of nitrogens with one attached hydrogen (secondary N) is 1. The fourth-order valence-electron chi connectivity index (χ4n) is 1.83. The van der Waals surface area contributed by atoms with Crippen LogP contribution in [0.25, 0.3) is 11.3 Å². The third-order valence-corrected chi connectivity index (χ3v) is 2.82. The minimum Gasteiger partial charge on any atom is -0.491 e. The Morgan fingerprint density at radius 2 is 1.81 bits per heavy atom. The van der Waals surface area contributed by atoms with Crippen molar-refractivity contribution in [2.24, 2.45) is 0 Å². The lowest BCUT2D eigenvalue weighted by atomic mass is 10.1. The van der Waals surface area contributed by atoms with Crippen molar-refractivity contribution in [1.82, 2.24) is 9.97 Å². The van der Waals surface area contributed by atoms with Crippen LogP contribution in [-0.2, 0) is 0 Å². The van der Waals surface area contributed by atoms with E-state index >= 15 is 0 Å². The second kappa shape index (κ2) is 6.43. The summed E-state index contributed by atoms with van der Waals surface area (Å²) in [5.74, 6) is -2.79. The van der Waals surface area contributed by atoms with Crippen LogP contribution in [0.4, 0.5) is 19.0 Å². The monoisotopic (exact) mass is 297 g/mol. The molecule has 0 spiro atoms. The van der Waals surface area contributed by atoms with E-state index in [9.17, 15) is 13.2 Å². The summed E-state index contributed by atoms with van der Waals surface area (Å²) >= 11 is 0. The Kier molecular flexibility index (Phi) is 4.62. The topological polar surface area (TPSA) is 47.0 Å². The maximum atomic E-state index is 13.9. The molecule has 1 aromatic heterocycles. The first kappa shape index (κ1) is 15.1. The number of nitrogens with zero attached hydrogens (tertiary/aromatic N) is 2. The predicted molar refractivity (Wildman–Crippen MR) is 72.7 cm³/mol. The highest BCUT2D eigenvalue weighted by Gasteiger charge is 2.19. The smallest absolute Gasteiger partial charge is 0.187 e. The van der Waals surface area contributed by atoms with Gasteiger partial charge >= 0.3 is 0 Å². The molecule has 0 aliphatic heterocycles. The van der Waals surface area contributed by atoms with Gasteiger partial charge in [0, 0.05) is 18.2 Å². The SMILES string of the molecule is CCCNc1ncnc(-c2cc(F)c(F)cc2F)c1OC. The number of ether oxygens (including phenoxy) is 1. The normalized spacial score (nSPS) is 10.5. The largest absolute Gasteiger partial charge is 0.491 e. The number of rotatable bonds is 5. The maximum absolute atomic E-state index is 13.9. The van der Waals surface area contributed by atoms with Crippen molar-refractivity contribution in [1.29, 1.82) is 0 Å². The molecule has 1 aromatic carbocycles. The molecular formula is C14H14F3N3O. The van der Waals surface area contributed by atoms with E-state index in [-0.39, 0.29) is 17.0 Å². The Balaban J connectivity index is 2.56. The number of aromatic nitrogens is 2. The van der Waals surface area contributed by atoms with Gasteiger partial charge in [0.05, 0.1) is 7.11 Å². The first-order valence-electron chi connectivity index (χ1n) is 6.36. The van der Waals surface area contributed by atoms with Crippen LogP contribution >= 0.6 is 0 Å². The van der Waals surface area contributed by atoms with Crippen LogP contribution in [0, 0.1) is 17.5 Å². The average Bonchev–Trinajstić information content (AvgIpc) is 2.48. The van der Waals surface area contributed by atoms with E-state index in [0.717, 1.165) is 12.5 Å². The number of hydrogen-bond donors (Lipinski definition) is 1. The van der Waals surface area contributed by atoms with Gasteiger partial charge in [-0.3, -0.25) is 0 Å². The van der Waals surface area contributed by atoms with Crippen LogP contribution in [0.15, 0.2) is 18.5 Å². The lowest BCUT2D eigenvalue weighted by Gasteiger charge is -2.13. The highest BCUT2D eigenvalue weighted by molar-refractivity contribution is 5.73. The Morgan fingerprint density at radius 3 is 2.48 bits per heavy atom. The number of halogens is 3. The summed E-state index contributed by atoms with van der Waals surface area (Å²) in [6.07, 6.45) is 2.05. The van der Waals surface area contributed by atoms with E-state index in [1.165, 1.54) is 13.4 Å². The second-order valence-corrected chi connectivity index (χ2v) is 4.28. The zero-order chi connectivity index (χ0) is 15.4. The molecule has 0 unspecified atom stereocenters. The molecule has 0 fully saturated rings. The van der Waals surface area contributed by atoms with Crippen molar-refractivity contribution in [3.8, 4) is 17.0 Å². The fraction of sp³-hybridized carbons (Fsp3) is 0.286. The first-order chi connectivity index (χ1) is 10.1. The van der Waals surface area contributed by atoms with E-state index in [4.69, 9.17) is 4.74 Å². The molecule has 0 bridgehead atoms. The van der Waals surface area contributed by atoms with Crippen LogP contribution in [0.3, 0.4) is 0 Å². The van der Waals surface area contributed by atoms with Crippen molar-refractivity contribution in [3.63, 3.8) is 0 Å². The van der Waals surface area contributed by atoms with E-state index in [2.05, 4.69) is 15.3 Å². The minimum atomic E-state index is -1.26. The van der Waals surface area contributed by atoms with Gasteiger partial charge < -0.3 is 10.1 Å². The highest BCUT2D eigenvalue weighted by Crippen LogP contribution is 2.35. The van der Waals surface area contributed by atoms with Gasteiger partial charge in [-0.25, -0.2) is 23.1 Å². The summed E-state index contributed by atoms with van der Waals surface area (Å²) in [6.45, 7) is 2.60. The average molecular weight is 297 g/mol. The Labute approximate surface area is 120 Å². The standard InChI is InChI=1S/C14H14F3N3O/c1-3-4-18-14-13(21-2)12(19-7-20-14)8-5-10(16)11(17)6-9(8)15/h5-7H,3-4H2,1-2H3,(H,18,19,20). The summed E-state index contributed by atoms with van der Waals surface area (Å²) in [7, 11) is 1.37. The lowest BCUT2D eigenvalue weighted by molar-refractivity contribution is 0.414. The van der Waals surface area contributed by atoms with Gasteiger partial charge in [-0.2, -0.15) is 0 Å². The molecule has 2 aromatic rings. The molecule has 0 aliphatic carbocycles. The van der Waals surface area contributed by atoms with Crippen LogP contribution in [0.1, 0.15) is 13.3 Å². The van der Waals surface area contributed by atoms with Gasteiger partial charge in [0.2, 0.25) is 0 Å². The predicted octanol–water partition coefficient (Wildman–Crippen LogP) is 3.39. The third-order valence-electron chi connectivity index (χ3n) is 2.82. The Bertz CT molecular complexity index is 650. The summed E-state index contributed by atoms with van der Waals surface area (Å²) < 4.78 is 45.4. The van der Waals surface area contributed by atoms with Crippen molar-refractivity contribution in [2.45, 2.75) is 13.3 Å². The minimum absolute atomic E-state index is 0.0579.